The summed E-state index contributed by atoms with van der Waals surface area (Å²) in [4.78, 5) is 12.0. The van der Waals surface area contributed by atoms with Gasteiger partial charge >= 0.3 is 0 Å². The molecule has 5 nitrogen and oxygen atoms in total. The van der Waals surface area contributed by atoms with Crippen LogP contribution in [0.2, 0.25) is 0 Å². The van der Waals surface area contributed by atoms with Gasteiger partial charge in [0.05, 0.1) is 21.3 Å². The maximum absolute atomic E-state index is 12.0. The third-order valence-corrected chi connectivity index (χ3v) is 3.51. The number of allylic oxidation sites excluding steroid dienone is 2. The first-order chi connectivity index (χ1) is 12.1. The molecule has 2 aromatic rings. The number of ether oxygens (including phenoxy) is 3. The molecule has 0 saturated heterocycles. The van der Waals surface area contributed by atoms with E-state index in [0.717, 1.165) is 11.1 Å². The van der Waals surface area contributed by atoms with Gasteiger partial charge in [0.15, 0.2) is 17.3 Å². The number of carbonyl (C=O) groups excluding carboxylic acids is 1. The van der Waals surface area contributed by atoms with Crippen LogP contribution in [0.5, 0.6) is 23.0 Å². The van der Waals surface area contributed by atoms with E-state index >= 15 is 0 Å². The molecule has 0 aliphatic heterocycles. The molecule has 0 bridgehead atoms. The molecule has 1 N–H and O–H groups in total. The Hall–Kier alpha value is -3.21. The van der Waals surface area contributed by atoms with Crippen molar-refractivity contribution in [2.45, 2.75) is 0 Å². The Morgan fingerprint density at radius 1 is 0.880 bits per heavy atom. The van der Waals surface area contributed by atoms with E-state index in [4.69, 9.17) is 14.2 Å². The van der Waals surface area contributed by atoms with Crippen molar-refractivity contribution in [3.63, 3.8) is 0 Å². The number of benzene rings is 2. The van der Waals surface area contributed by atoms with Crippen LogP contribution in [0.1, 0.15) is 11.1 Å². The van der Waals surface area contributed by atoms with Crippen LogP contribution in [0.4, 0.5) is 0 Å². The van der Waals surface area contributed by atoms with Gasteiger partial charge < -0.3 is 19.3 Å². The molecule has 0 aliphatic carbocycles. The van der Waals surface area contributed by atoms with E-state index in [1.807, 2.05) is 6.07 Å². The number of hydrogen-bond acceptors (Lipinski definition) is 5. The van der Waals surface area contributed by atoms with Crippen LogP contribution in [-0.2, 0) is 4.79 Å². The van der Waals surface area contributed by atoms with E-state index in [2.05, 4.69) is 0 Å². The van der Waals surface area contributed by atoms with Crippen molar-refractivity contribution in [2.24, 2.45) is 0 Å². The molecule has 0 atom stereocenters. The zero-order valence-corrected chi connectivity index (χ0v) is 14.4. The molecule has 0 fully saturated rings. The quantitative estimate of drug-likeness (QED) is 0.778. The Morgan fingerprint density at radius 2 is 1.60 bits per heavy atom. The minimum Gasteiger partial charge on any atom is -0.504 e. The average molecular weight is 340 g/mol. The monoisotopic (exact) mass is 340 g/mol. The predicted octanol–water partition coefficient (Wildman–Crippen LogP) is 3.71. The normalized spacial score (nSPS) is 11.0. The molecule has 2 rings (SSSR count). The number of rotatable bonds is 7. The van der Waals surface area contributed by atoms with Gasteiger partial charge in [0.2, 0.25) is 0 Å². The molecule has 0 unspecified atom stereocenters. The van der Waals surface area contributed by atoms with Gasteiger partial charge in [-0.1, -0.05) is 12.1 Å². The molecule has 2 aromatic carbocycles. The first-order valence-corrected chi connectivity index (χ1v) is 7.56. The Balaban J connectivity index is 2.10. The second-order valence-electron chi connectivity index (χ2n) is 5.11. The fraction of sp³-hybridized carbons (Fsp3) is 0.150. The number of phenols is 1. The summed E-state index contributed by atoms with van der Waals surface area (Å²) in [7, 11) is 4.61. The first-order valence-electron chi connectivity index (χ1n) is 7.56. The average Bonchev–Trinajstić information content (AvgIpc) is 2.65. The maximum Gasteiger partial charge on any atom is 0.178 e. The molecule has 0 spiro atoms. The molecule has 0 radical (unpaired) electrons. The number of carbonyl (C=O) groups is 1. The minimum absolute atomic E-state index is 0.0532. The SMILES string of the molecule is COc1ccc(C=CC(=O)C=Cc2ccc(O)c(OC)c2)c(OC)c1. The number of methoxy groups -OCH3 is 3. The summed E-state index contributed by atoms with van der Waals surface area (Å²) in [5, 5.41) is 9.56. The third kappa shape index (κ3) is 4.88. The number of hydrogen-bond donors (Lipinski definition) is 1. The second-order valence-corrected chi connectivity index (χ2v) is 5.11. The van der Waals surface area contributed by atoms with E-state index in [0.29, 0.717) is 17.2 Å². The number of ketones is 1. The second kappa shape index (κ2) is 8.59. The highest BCUT2D eigenvalue weighted by Crippen LogP contribution is 2.27. The first kappa shape index (κ1) is 18.1. The van der Waals surface area contributed by atoms with Crippen LogP contribution < -0.4 is 14.2 Å². The zero-order valence-electron chi connectivity index (χ0n) is 14.4. The molecule has 0 heterocycles. The fourth-order valence-corrected chi connectivity index (χ4v) is 2.16. The van der Waals surface area contributed by atoms with Crippen molar-refractivity contribution in [1.29, 1.82) is 0 Å². The van der Waals surface area contributed by atoms with Gasteiger partial charge in [0, 0.05) is 11.6 Å². The lowest BCUT2D eigenvalue weighted by atomic mass is 10.1. The zero-order chi connectivity index (χ0) is 18.2. The van der Waals surface area contributed by atoms with E-state index in [-0.39, 0.29) is 11.5 Å². The Labute approximate surface area is 146 Å². The van der Waals surface area contributed by atoms with Gasteiger partial charge in [-0.15, -0.1) is 0 Å². The van der Waals surface area contributed by atoms with Crippen molar-refractivity contribution in [2.75, 3.05) is 21.3 Å². The Kier molecular flexibility index (Phi) is 6.23. The summed E-state index contributed by atoms with van der Waals surface area (Å²) in [5.41, 5.74) is 1.52. The minimum atomic E-state index is -0.176. The predicted molar refractivity (Wildman–Crippen MR) is 97.3 cm³/mol. The Morgan fingerprint density at radius 3 is 2.28 bits per heavy atom. The molecule has 5 heteroatoms. The van der Waals surface area contributed by atoms with Crippen molar-refractivity contribution in [3.05, 3.63) is 59.7 Å². The van der Waals surface area contributed by atoms with Gasteiger partial charge in [-0.2, -0.15) is 0 Å². The summed E-state index contributed by atoms with van der Waals surface area (Å²) in [6, 6.07) is 10.2. The smallest absolute Gasteiger partial charge is 0.178 e. The molecule has 0 saturated carbocycles. The standard InChI is InChI=1S/C20H20O5/c1-23-17-10-7-15(19(13-17)24-2)6-9-16(21)8-4-14-5-11-18(22)20(12-14)25-3/h4-13,22H,1-3H3. The molecule has 0 aliphatic rings. The lowest BCUT2D eigenvalue weighted by molar-refractivity contribution is -0.110. The van der Waals surface area contributed by atoms with Crippen LogP contribution >= 0.6 is 0 Å². The van der Waals surface area contributed by atoms with Gasteiger partial charge in [-0.05, 0) is 48.1 Å². The van der Waals surface area contributed by atoms with Crippen LogP contribution in [-0.4, -0.2) is 32.2 Å². The topological polar surface area (TPSA) is 65.0 Å². The van der Waals surface area contributed by atoms with Gasteiger partial charge in [0.25, 0.3) is 0 Å². The Bertz CT molecular complexity index is 806. The number of phenolic OH excluding ortho intramolecular Hbond substituents is 1. The van der Waals surface area contributed by atoms with Gasteiger partial charge in [0.1, 0.15) is 11.5 Å². The highest BCUT2D eigenvalue weighted by Gasteiger charge is 2.03. The van der Waals surface area contributed by atoms with E-state index in [9.17, 15) is 9.90 Å². The summed E-state index contributed by atoms with van der Waals surface area (Å²) in [6.45, 7) is 0. The highest BCUT2D eigenvalue weighted by molar-refractivity contribution is 6.04. The lowest BCUT2D eigenvalue weighted by Gasteiger charge is -2.06. The molecule has 0 aromatic heterocycles. The lowest BCUT2D eigenvalue weighted by Crippen LogP contribution is -1.91. The molecule has 130 valence electrons. The van der Waals surface area contributed by atoms with E-state index < -0.39 is 0 Å². The van der Waals surface area contributed by atoms with Crippen molar-refractivity contribution < 1.29 is 24.1 Å². The van der Waals surface area contributed by atoms with Crippen molar-refractivity contribution in [3.8, 4) is 23.0 Å². The van der Waals surface area contributed by atoms with Crippen molar-refractivity contribution in [1.82, 2.24) is 0 Å². The highest BCUT2D eigenvalue weighted by atomic mass is 16.5. The maximum atomic E-state index is 12.0. The molecular weight excluding hydrogens is 320 g/mol. The van der Waals surface area contributed by atoms with Crippen molar-refractivity contribution >= 4 is 17.9 Å². The van der Waals surface area contributed by atoms with E-state index in [1.54, 1.807) is 50.6 Å². The largest absolute Gasteiger partial charge is 0.504 e. The molecule has 25 heavy (non-hydrogen) atoms. The molecule has 0 amide bonds. The summed E-state index contributed by atoms with van der Waals surface area (Å²) in [6.07, 6.45) is 6.24. The third-order valence-electron chi connectivity index (χ3n) is 3.51. The van der Waals surface area contributed by atoms with E-state index in [1.165, 1.54) is 25.3 Å². The summed E-state index contributed by atoms with van der Waals surface area (Å²) >= 11 is 0. The van der Waals surface area contributed by atoms with Crippen LogP contribution in [0.15, 0.2) is 48.6 Å². The van der Waals surface area contributed by atoms with Crippen LogP contribution in [0.3, 0.4) is 0 Å². The van der Waals surface area contributed by atoms with Crippen LogP contribution in [0.25, 0.3) is 12.2 Å². The fourth-order valence-electron chi connectivity index (χ4n) is 2.16. The summed E-state index contributed by atoms with van der Waals surface area (Å²) < 4.78 is 15.5. The number of aromatic hydroxyl groups is 1. The van der Waals surface area contributed by atoms with Gasteiger partial charge in [-0.3, -0.25) is 4.79 Å². The van der Waals surface area contributed by atoms with Crippen LogP contribution in [0, 0.1) is 0 Å². The molecular formula is C20H20O5. The van der Waals surface area contributed by atoms with Gasteiger partial charge in [-0.25, -0.2) is 0 Å². The summed E-state index contributed by atoms with van der Waals surface area (Å²) in [5.74, 6) is 1.53.